The average Bonchev–Trinajstić information content (AvgIpc) is 2.49. The van der Waals surface area contributed by atoms with Gasteiger partial charge in [-0.15, -0.1) is 0 Å². The highest BCUT2D eigenvalue weighted by Gasteiger charge is 2.12. The van der Waals surface area contributed by atoms with Gasteiger partial charge in [0.15, 0.2) is 0 Å². The minimum absolute atomic E-state index is 0.0217. The summed E-state index contributed by atoms with van der Waals surface area (Å²) in [5, 5.41) is 5.91. The second kappa shape index (κ2) is 8.35. The summed E-state index contributed by atoms with van der Waals surface area (Å²) in [5.41, 5.74) is 0. The molecule has 1 aromatic heterocycles. The van der Waals surface area contributed by atoms with Gasteiger partial charge < -0.3 is 15.5 Å². The van der Waals surface area contributed by atoms with Crippen LogP contribution in [-0.2, 0) is 11.2 Å². The molecule has 6 heteroatoms. The number of carbonyl (C=O) groups excluding carboxylic acids is 1. The van der Waals surface area contributed by atoms with Gasteiger partial charge in [0.05, 0.1) is 6.54 Å². The van der Waals surface area contributed by atoms with E-state index in [4.69, 9.17) is 0 Å². The molecule has 0 fully saturated rings. The van der Waals surface area contributed by atoms with Gasteiger partial charge in [-0.05, 0) is 13.3 Å². The van der Waals surface area contributed by atoms with Crippen molar-refractivity contribution < 1.29 is 4.79 Å². The van der Waals surface area contributed by atoms with Crippen molar-refractivity contribution in [3.8, 4) is 0 Å². The highest BCUT2D eigenvalue weighted by Crippen LogP contribution is 2.16. The molecule has 0 bridgehead atoms. The van der Waals surface area contributed by atoms with E-state index >= 15 is 0 Å². The molecule has 1 aromatic rings. The van der Waals surface area contributed by atoms with Crippen LogP contribution in [0.2, 0.25) is 0 Å². The standard InChI is InChI=1S/C14H25N5O/c1-5-8-16-12-9-13(18-11(6-2)17-12)19(7-3)10-14(20)15-4/h9H,5-8,10H2,1-4H3,(H,15,20)(H,16,17,18). The lowest BCUT2D eigenvalue weighted by molar-refractivity contribution is -0.119. The number of aromatic nitrogens is 2. The SMILES string of the molecule is CCCNc1cc(N(CC)CC(=O)NC)nc(CC)n1. The summed E-state index contributed by atoms with van der Waals surface area (Å²) < 4.78 is 0. The van der Waals surface area contributed by atoms with Crippen molar-refractivity contribution in [2.45, 2.75) is 33.6 Å². The van der Waals surface area contributed by atoms with Gasteiger partial charge in [0.1, 0.15) is 17.5 Å². The minimum atomic E-state index is -0.0217. The van der Waals surface area contributed by atoms with Crippen LogP contribution in [0.4, 0.5) is 11.6 Å². The van der Waals surface area contributed by atoms with Crippen molar-refractivity contribution in [3.05, 3.63) is 11.9 Å². The predicted octanol–water partition coefficient (Wildman–Crippen LogP) is 1.43. The molecule has 0 unspecified atom stereocenters. The lowest BCUT2D eigenvalue weighted by atomic mass is 10.3. The topological polar surface area (TPSA) is 70.2 Å². The highest BCUT2D eigenvalue weighted by atomic mass is 16.1. The van der Waals surface area contributed by atoms with Crippen molar-refractivity contribution in [1.82, 2.24) is 15.3 Å². The first-order valence-electron chi connectivity index (χ1n) is 7.21. The minimum Gasteiger partial charge on any atom is -0.370 e. The first-order valence-corrected chi connectivity index (χ1v) is 7.21. The molecule has 1 amide bonds. The Hall–Kier alpha value is -1.85. The van der Waals surface area contributed by atoms with Gasteiger partial charge in [-0.3, -0.25) is 4.79 Å². The third kappa shape index (κ3) is 4.68. The van der Waals surface area contributed by atoms with Crippen LogP contribution >= 0.6 is 0 Å². The second-order valence-electron chi connectivity index (χ2n) is 4.50. The Labute approximate surface area is 121 Å². The van der Waals surface area contributed by atoms with E-state index in [1.807, 2.05) is 24.8 Å². The van der Waals surface area contributed by atoms with E-state index in [1.165, 1.54) is 0 Å². The van der Waals surface area contributed by atoms with Crippen molar-refractivity contribution in [1.29, 1.82) is 0 Å². The van der Waals surface area contributed by atoms with E-state index in [-0.39, 0.29) is 5.91 Å². The molecule has 0 atom stereocenters. The highest BCUT2D eigenvalue weighted by molar-refractivity contribution is 5.80. The molecule has 0 aromatic carbocycles. The molecule has 1 heterocycles. The lowest BCUT2D eigenvalue weighted by Gasteiger charge is -2.22. The van der Waals surface area contributed by atoms with Crippen LogP contribution in [-0.4, -0.2) is 42.6 Å². The number of anilines is 2. The maximum atomic E-state index is 11.6. The third-order valence-corrected chi connectivity index (χ3v) is 2.95. The van der Waals surface area contributed by atoms with Gasteiger partial charge in [0, 0.05) is 32.6 Å². The smallest absolute Gasteiger partial charge is 0.239 e. The average molecular weight is 279 g/mol. The van der Waals surface area contributed by atoms with Crippen molar-refractivity contribution in [3.63, 3.8) is 0 Å². The first-order chi connectivity index (χ1) is 9.64. The summed E-state index contributed by atoms with van der Waals surface area (Å²) in [5.74, 6) is 2.38. The molecule has 20 heavy (non-hydrogen) atoms. The van der Waals surface area contributed by atoms with Gasteiger partial charge in [-0.1, -0.05) is 13.8 Å². The maximum Gasteiger partial charge on any atom is 0.239 e. The monoisotopic (exact) mass is 279 g/mol. The number of aryl methyl sites for hydroxylation is 1. The zero-order chi connectivity index (χ0) is 15.0. The Kier molecular flexibility index (Phi) is 6.76. The number of carbonyl (C=O) groups is 1. The van der Waals surface area contributed by atoms with Gasteiger partial charge in [-0.2, -0.15) is 0 Å². The fourth-order valence-electron chi connectivity index (χ4n) is 1.75. The summed E-state index contributed by atoms with van der Waals surface area (Å²) >= 11 is 0. The Balaban J connectivity index is 2.97. The van der Waals surface area contributed by atoms with Gasteiger partial charge >= 0.3 is 0 Å². The van der Waals surface area contributed by atoms with Gasteiger partial charge in [-0.25, -0.2) is 9.97 Å². The van der Waals surface area contributed by atoms with E-state index in [9.17, 15) is 4.79 Å². The van der Waals surface area contributed by atoms with Crippen LogP contribution < -0.4 is 15.5 Å². The molecule has 1 rings (SSSR count). The number of rotatable bonds is 8. The number of nitrogens with one attached hydrogen (secondary N) is 2. The maximum absolute atomic E-state index is 11.6. The van der Waals surface area contributed by atoms with Gasteiger partial charge in [0.2, 0.25) is 5.91 Å². The van der Waals surface area contributed by atoms with Crippen LogP contribution in [0.3, 0.4) is 0 Å². The number of hydrogen-bond acceptors (Lipinski definition) is 5. The predicted molar refractivity (Wildman–Crippen MR) is 82.1 cm³/mol. The quantitative estimate of drug-likeness (QED) is 0.753. The summed E-state index contributed by atoms with van der Waals surface area (Å²) in [6, 6.07) is 1.90. The second-order valence-corrected chi connectivity index (χ2v) is 4.50. The van der Waals surface area contributed by atoms with Crippen LogP contribution in [0.25, 0.3) is 0 Å². The Bertz CT molecular complexity index is 436. The number of amides is 1. The first kappa shape index (κ1) is 16.2. The molecular formula is C14H25N5O. The molecule has 0 aliphatic carbocycles. The van der Waals surface area contributed by atoms with Crippen molar-refractivity contribution in [2.75, 3.05) is 36.9 Å². The molecule has 6 nitrogen and oxygen atoms in total. The molecule has 0 aliphatic rings. The van der Waals surface area contributed by atoms with E-state index in [0.717, 1.165) is 43.4 Å². The Morgan fingerprint density at radius 2 is 2.05 bits per heavy atom. The normalized spacial score (nSPS) is 10.2. The number of hydrogen-bond donors (Lipinski definition) is 2. The zero-order valence-corrected chi connectivity index (χ0v) is 12.9. The van der Waals surface area contributed by atoms with E-state index in [0.29, 0.717) is 6.54 Å². The fraction of sp³-hybridized carbons (Fsp3) is 0.643. The van der Waals surface area contributed by atoms with Crippen molar-refractivity contribution >= 4 is 17.5 Å². The van der Waals surface area contributed by atoms with Crippen LogP contribution in [0, 0.1) is 0 Å². The van der Waals surface area contributed by atoms with E-state index in [1.54, 1.807) is 7.05 Å². The molecule has 2 N–H and O–H groups in total. The lowest BCUT2D eigenvalue weighted by Crippen LogP contribution is -2.36. The Morgan fingerprint density at radius 3 is 2.60 bits per heavy atom. The van der Waals surface area contributed by atoms with Gasteiger partial charge in [0.25, 0.3) is 0 Å². The zero-order valence-electron chi connectivity index (χ0n) is 12.9. The summed E-state index contributed by atoms with van der Waals surface area (Å²) in [4.78, 5) is 22.5. The molecule has 112 valence electrons. The molecule has 0 radical (unpaired) electrons. The van der Waals surface area contributed by atoms with Crippen LogP contribution in [0.5, 0.6) is 0 Å². The molecule has 0 saturated heterocycles. The van der Waals surface area contributed by atoms with E-state index in [2.05, 4.69) is 27.5 Å². The Morgan fingerprint density at radius 1 is 1.30 bits per heavy atom. The fourth-order valence-corrected chi connectivity index (χ4v) is 1.75. The molecule has 0 spiro atoms. The van der Waals surface area contributed by atoms with Crippen LogP contribution in [0.1, 0.15) is 33.0 Å². The third-order valence-electron chi connectivity index (χ3n) is 2.95. The summed E-state index contributed by atoms with van der Waals surface area (Å²) in [6.07, 6.45) is 1.81. The largest absolute Gasteiger partial charge is 0.370 e. The van der Waals surface area contributed by atoms with Crippen LogP contribution in [0.15, 0.2) is 6.07 Å². The molecular weight excluding hydrogens is 254 g/mol. The molecule has 0 saturated carbocycles. The van der Waals surface area contributed by atoms with E-state index < -0.39 is 0 Å². The number of nitrogens with zero attached hydrogens (tertiary/aromatic N) is 3. The number of likely N-dealkylation sites (N-methyl/N-ethyl adjacent to an activating group) is 2. The van der Waals surface area contributed by atoms with Crippen molar-refractivity contribution in [2.24, 2.45) is 0 Å². The molecule has 0 aliphatic heterocycles. The summed E-state index contributed by atoms with van der Waals surface area (Å²) in [7, 11) is 1.64. The summed E-state index contributed by atoms with van der Waals surface area (Å²) in [6.45, 7) is 8.05.